The first kappa shape index (κ1) is 29.2. The number of ether oxygens (including phenoxy) is 1. The van der Waals surface area contributed by atoms with Gasteiger partial charge in [0.05, 0.1) is 17.8 Å². The summed E-state index contributed by atoms with van der Waals surface area (Å²) in [6.45, 7) is 6.98. The normalized spacial score (nSPS) is 13.4. The molecular weight excluding hydrogens is 550 g/mol. The first-order valence-electron chi connectivity index (χ1n) is 14.0. The number of methoxy groups -OCH3 is 1. The van der Waals surface area contributed by atoms with Crippen LogP contribution in [-0.4, -0.2) is 46.9 Å². The number of carbonyl (C=O) groups is 2. The van der Waals surface area contributed by atoms with Crippen LogP contribution in [0.25, 0.3) is 11.1 Å². The minimum absolute atomic E-state index is 0.241. The predicted octanol–water partition coefficient (Wildman–Crippen LogP) is 6.91. The Morgan fingerprint density at radius 1 is 0.881 bits per heavy atom. The number of hydrogen-bond donors (Lipinski definition) is 2. The summed E-state index contributed by atoms with van der Waals surface area (Å²) in [7, 11) is 1.54. The third-order valence-electron chi connectivity index (χ3n) is 7.61. The van der Waals surface area contributed by atoms with E-state index in [2.05, 4.69) is 25.5 Å². The van der Waals surface area contributed by atoms with E-state index in [1.807, 2.05) is 50.2 Å². The van der Waals surface area contributed by atoms with Crippen molar-refractivity contribution in [2.45, 2.75) is 39.7 Å². The van der Waals surface area contributed by atoms with E-state index in [9.17, 15) is 9.59 Å². The number of aromatic nitrogens is 2. The summed E-state index contributed by atoms with van der Waals surface area (Å²) in [5, 5.41) is 6.25. The van der Waals surface area contributed by atoms with Gasteiger partial charge in [0, 0.05) is 36.3 Å². The monoisotopic (exact) mass is 583 g/mol. The van der Waals surface area contributed by atoms with Gasteiger partial charge in [0.1, 0.15) is 17.1 Å². The number of benzene rings is 2. The summed E-state index contributed by atoms with van der Waals surface area (Å²) in [4.78, 5) is 37.1. The molecule has 0 aliphatic carbocycles. The van der Waals surface area contributed by atoms with Gasteiger partial charge in [0.25, 0.3) is 11.8 Å². The van der Waals surface area contributed by atoms with E-state index in [0.29, 0.717) is 27.8 Å². The highest BCUT2D eigenvalue weighted by atomic mass is 35.5. The summed E-state index contributed by atoms with van der Waals surface area (Å²) in [6.07, 6.45) is 7.08. The van der Waals surface area contributed by atoms with Gasteiger partial charge in [-0.1, -0.05) is 42.3 Å². The molecule has 0 atom stereocenters. The third kappa shape index (κ3) is 6.61. The van der Waals surface area contributed by atoms with Crippen LogP contribution in [0.3, 0.4) is 0 Å². The molecule has 5 rings (SSSR count). The Morgan fingerprint density at radius 3 is 2.26 bits per heavy atom. The molecular formula is C33H34ClN5O3. The lowest BCUT2D eigenvalue weighted by Crippen LogP contribution is -2.29. The molecule has 216 valence electrons. The number of halogens is 1. The van der Waals surface area contributed by atoms with Crippen molar-refractivity contribution in [1.82, 2.24) is 14.9 Å². The fourth-order valence-electron chi connectivity index (χ4n) is 5.17. The number of hydrogen-bond acceptors (Lipinski definition) is 6. The molecule has 8 nitrogen and oxygen atoms in total. The van der Waals surface area contributed by atoms with E-state index in [1.54, 1.807) is 24.4 Å². The second kappa shape index (κ2) is 13.1. The van der Waals surface area contributed by atoms with Crippen molar-refractivity contribution in [3.63, 3.8) is 0 Å². The average molecular weight is 584 g/mol. The predicted molar refractivity (Wildman–Crippen MR) is 166 cm³/mol. The molecule has 9 heteroatoms. The van der Waals surface area contributed by atoms with Gasteiger partial charge in [-0.25, -0.2) is 0 Å². The first-order valence-corrected chi connectivity index (χ1v) is 14.4. The van der Waals surface area contributed by atoms with Gasteiger partial charge in [0.15, 0.2) is 0 Å². The van der Waals surface area contributed by atoms with E-state index < -0.39 is 0 Å². The zero-order chi connectivity index (χ0) is 29.6. The van der Waals surface area contributed by atoms with E-state index in [4.69, 9.17) is 16.3 Å². The summed E-state index contributed by atoms with van der Waals surface area (Å²) in [6, 6.07) is 16.2. The maximum Gasteiger partial charge on any atom is 0.274 e. The summed E-state index contributed by atoms with van der Waals surface area (Å²) >= 11 is 6.85. The highest BCUT2D eigenvalue weighted by Crippen LogP contribution is 2.37. The molecule has 0 saturated carbocycles. The number of amides is 2. The van der Waals surface area contributed by atoms with Crippen molar-refractivity contribution in [2.75, 3.05) is 30.8 Å². The molecule has 1 saturated heterocycles. The van der Waals surface area contributed by atoms with Gasteiger partial charge in [-0.05, 0) is 86.3 Å². The molecule has 0 bridgehead atoms. The van der Waals surface area contributed by atoms with Crippen molar-refractivity contribution >= 4 is 34.8 Å². The van der Waals surface area contributed by atoms with Gasteiger partial charge in [-0.15, -0.1) is 0 Å². The molecule has 2 aromatic heterocycles. The van der Waals surface area contributed by atoms with E-state index in [0.717, 1.165) is 47.5 Å². The van der Waals surface area contributed by atoms with Gasteiger partial charge < -0.3 is 15.4 Å². The Morgan fingerprint density at radius 2 is 1.55 bits per heavy atom. The Kier molecular flexibility index (Phi) is 9.15. The Labute approximate surface area is 251 Å². The molecule has 1 aliphatic rings. The Balaban J connectivity index is 1.33. The molecule has 0 unspecified atom stereocenters. The first-order chi connectivity index (χ1) is 20.3. The fourth-order valence-corrected chi connectivity index (χ4v) is 5.44. The lowest BCUT2D eigenvalue weighted by atomic mass is 9.98. The van der Waals surface area contributed by atoms with Gasteiger partial charge >= 0.3 is 0 Å². The molecule has 1 aliphatic heterocycles. The van der Waals surface area contributed by atoms with Crippen molar-refractivity contribution < 1.29 is 14.3 Å². The number of nitrogens with one attached hydrogen (secondary N) is 2. The van der Waals surface area contributed by atoms with Crippen molar-refractivity contribution in [3.05, 3.63) is 100 Å². The second-order valence-electron chi connectivity index (χ2n) is 10.5. The number of anilines is 2. The zero-order valence-corrected chi connectivity index (χ0v) is 24.8. The second-order valence-corrected chi connectivity index (χ2v) is 10.8. The number of aryl methyl sites for hydroxylation is 1. The molecule has 4 aromatic rings. The van der Waals surface area contributed by atoms with Crippen LogP contribution >= 0.6 is 11.6 Å². The standard InChI is InChI=1S/C33H34ClN5O3/c1-21-17-29(36-19-23(21)20-39-15-5-4-6-16-39)32(40)38-28-12-8-10-26(31(28)34)25-9-7-11-27(22(25)2)37-33(41)30-18-24(42-3)13-14-35-30/h7-14,17-19H,4-6,15-16,20H2,1-3H3,(H,37,41)(H,38,40). The number of nitrogens with zero attached hydrogens (tertiary/aromatic N) is 3. The van der Waals surface area contributed by atoms with Crippen LogP contribution in [-0.2, 0) is 6.54 Å². The van der Waals surface area contributed by atoms with Crippen LogP contribution in [0, 0.1) is 13.8 Å². The summed E-state index contributed by atoms with van der Waals surface area (Å²) < 4.78 is 5.20. The number of likely N-dealkylation sites (tertiary alicyclic amines) is 1. The minimum Gasteiger partial charge on any atom is -0.497 e. The number of pyridine rings is 2. The zero-order valence-electron chi connectivity index (χ0n) is 24.0. The highest BCUT2D eigenvalue weighted by molar-refractivity contribution is 6.36. The van der Waals surface area contributed by atoms with Crippen LogP contribution in [0.5, 0.6) is 5.75 Å². The van der Waals surface area contributed by atoms with Crippen molar-refractivity contribution in [2.24, 2.45) is 0 Å². The van der Waals surface area contributed by atoms with Crippen molar-refractivity contribution in [1.29, 1.82) is 0 Å². The molecule has 2 aromatic carbocycles. The average Bonchev–Trinajstić information content (AvgIpc) is 3.01. The Bertz CT molecular complexity index is 1620. The molecule has 2 amide bonds. The smallest absolute Gasteiger partial charge is 0.274 e. The number of piperidine rings is 1. The maximum atomic E-state index is 13.2. The largest absolute Gasteiger partial charge is 0.497 e. The van der Waals surface area contributed by atoms with Crippen LogP contribution in [0.15, 0.2) is 67.0 Å². The molecule has 1 fully saturated rings. The van der Waals surface area contributed by atoms with Gasteiger partial charge in [-0.3, -0.25) is 24.5 Å². The van der Waals surface area contributed by atoms with Crippen LogP contribution in [0.4, 0.5) is 11.4 Å². The van der Waals surface area contributed by atoms with Crippen LogP contribution in [0.1, 0.15) is 56.9 Å². The minimum atomic E-state index is -0.356. The number of rotatable bonds is 8. The quantitative estimate of drug-likeness (QED) is 0.234. The molecule has 0 spiro atoms. The van der Waals surface area contributed by atoms with E-state index in [-0.39, 0.29) is 17.5 Å². The van der Waals surface area contributed by atoms with E-state index >= 15 is 0 Å². The van der Waals surface area contributed by atoms with Gasteiger partial charge in [0.2, 0.25) is 0 Å². The summed E-state index contributed by atoms with van der Waals surface area (Å²) in [5.41, 5.74) is 6.22. The Hall–Kier alpha value is -4.27. The lowest BCUT2D eigenvalue weighted by Gasteiger charge is -2.26. The van der Waals surface area contributed by atoms with Crippen molar-refractivity contribution in [3.8, 4) is 16.9 Å². The molecule has 2 N–H and O–H groups in total. The molecule has 3 heterocycles. The topological polar surface area (TPSA) is 96.4 Å². The van der Waals surface area contributed by atoms with Crippen LogP contribution < -0.4 is 15.4 Å². The fraction of sp³-hybridized carbons (Fsp3) is 0.273. The molecule has 0 radical (unpaired) electrons. The number of carbonyl (C=O) groups excluding carboxylic acids is 2. The SMILES string of the molecule is COc1ccnc(C(=O)Nc2cccc(-c3cccc(NC(=O)c4cc(C)c(CN5CCCCC5)cn4)c3Cl)c2C)c1. The van der Waals surface area contributed by atoms with Crippen LogP contribution in [0.2, 0.25) is 5.02 Å². The summed E-state index contributed by atoms with van der Waals surface area (Å²) in [5.74, 6) is -0.138. The molecule has 42 heavy (non-hydrogen) atoms. The van der Waals surface area contributed by atoms with Gasteiger partial charge in [-0.2, -0.15) is 0 Å². The third-order valence-corrected chi connectivity index (χ3v) is 8.02. The lowest BCUT2D eigenvalue weighted by molar-refractivity contribution is 0.101. The van der Waals surface area contributed by atoms with E-state index in [1.165, 1.54) is 32.6 Å². The maximum absolute atomic E-state index is 13.2. The highest BCUT2D eigenvalue weighted by Gasteiger charge is 2.18.